The zero-order chi connectivity index (χ0) is 30.7. The third kappa shape index (κ3) is 5.75. The first-order valence-corrected chi connectivity index (χ1v) is 14.0. The van der Waals surface area contributed by atoms with Gasteiger partial charge in [0.25, 0.3) is 11.8 Å². The predicted octanol–water partition coefficient (Wildman–Crippen LogP) is -1.63. The Hall–Kier alpha value is -4.20. The average molecular weight is 627 g/mol. The highest BCUT2D eigenvalue weighted by atomic mass is 32.2. The van der Waals surface area contributed by atoms with Crippen LogP contribution in [0.4, 0.5) is 5.13 Å². The number of anilines is 1. The molecule has 0 aliphatic carbocycles. The Morgan fingerprint density at radius 2 is 2.05 bits per heavy atom. The second-order valence-corrected chi connectivity index (χ2v) is 10.8. The highest BCUT2D eigenvalue weighted by Gasteiger charge is 2.55. The molecular formula is C23H26N6O11S2. The molecule has 1 aromatic rings. The molecule has 0 aromatic carbocycles. The lowest BCUT2D eigenvalue weighted by Crippen LogP contribution is -2.71. The van der Waals surface area contributed by atoms with Crippen molar-refractivity contribution >= 4 is 63.6 Å². The van der Waals surface area contributed by atoms with Crippen LogP contribution in [0.15, 0.2) is 33.6 Å². The van der Waals surface area contributed by atoms with E-state index in [4.69, 9.17) is 30.3 Å². The van der Waals surface area contributed by atoms with Gasteiger partial charge in [-0.1, -0.05) is 5.16 Å². The van der Waals surface area contributed by atoms with E-state index in [0.29, 0.717) is 11.3 Å². The number of hydrogen-bond donors (Lipinski definition) is 5. The monoisotopic (exact) mass is 626 g/mol. The van der Waals surface area contributed by atoms with E-state index in [1.165, 1.54) is 41.9 Å². The number of carbonyl (C=O) groups is 5. The highest BCUT2D eigenvalue weighted by Crippen LogP contribution is 2.40. The maximum absolute atomic E-state index is 12.6. The number of amides is 3. The molecule has 6 N–H and O–H groups in total. The maximum atomic E-state index is 12.6. The number of thioether (sulfide) groups is 1. The van der Waals surface area contributed by atoms with Crippen LogP contribution in [-0.4, -0.2) is 122 Å². The largest absolute Gasteiger partial charge is 0.479 e. The molecule has 19 heteroatoms. The van der Waals surface area contributed by atoms with Gasteiger partial charge < -0.3 is 40.7 Å². The summed E-state index contributed by atoms with van der Waals surface area (Å²) in [5.41, 5.74) is 6.09. The number of ether oxygens (including phenoxy) is 2. The van der Waals surface area contributed by atoms with Crippen molar-refractivity contribution in [2.24, 2.45) is 5.16 Å². The zero-order valence-corrected chi connectivity index (χ0v) is 23.7. The lowest BCUT2D eigenvalue weighted by atomic mass is 10.0. The van der Waals surface area contributed by atoms with E-state index in [1.807, 2.05) is 0 Å². The molecule has 4 aliphatic rings. The van der Waals surface area contributed by atoms with Crippen LogP contribution in [0.5, 0.6) is 0 Å². The molecule has 1 aromatic heterocycles. The van der Waals surface area contributed by atoms with Crippen LogP contribution in [0.2, 0.25) is 0 Å². The number of aromatic nitrogens is 1. The van der Waals surface area contributed by atoms with Crippen molar-refractivity contribution in [3.05, 3.63) is 34.2 Å². The lowest BCUT2D eigenvalue weighted by Gasteiger charge is -2.49. The number of aliphatic hydroxyl groups is 1. The number of methoxy groups -OCH3 is 1. The minimum atomic E-state index is -1.21. The molecule has 3 fully saturated rings. The standard InChI is InChI=1S/C15H17N5O6S2.C8H9NO5/c1-25-3-6-4-27-13-9(12(22)20(13)10(6)14(23)24)18-11(21)8(19-26-2)7-5-28-15(16)17-7;10-2-1-4-7(8(12)13)9-5(11)3-6(9)14-4/h5,9,13H,3-4H2,1-2H3,(H2,16,17)(H,18,21)(H,23,24);1,6-7,10H,2-3H2,(H,12,13)/b19-8-;4-1-/t9-,13-;6-,7-/m11/s1. The van der Waals surface area contributed by atoms with E-state index in [0.717, 1.165) is 11.3 Å². The van der Waals surface area contributed by atoms with Crippen LogP contribution in [0.25, 0.3) is 0 Å². The minimum Gasteiger partial charge on any atom is -0.479 e. The predicted molar refractivity (Wildman–Crippen MR) is 145 cm³/mol. The molecule has 42 heavy (non-hydrogen) atoms. The number of nitrogens with one attached hydrogen (secondary N) is 1. The SMILES string of the molecule is COCC1=C(C(=O)O)N2C(=O)[C@@H](NC(=O)/C(=N\OC)c3csc(N)n3)[C@H]2SC1.O=C(O)[C@H]1/C(=C/CO)O[C@@H]2CC(=O)N21. The number of carbonyl (C=O) groups excluding carboxylic acids is 3. The fourth-order valence-electron chi connectivity index (χ4n) is 4.53. The molecule has 0 bridgehead atoms. The van der Waals surface area contributed by atoms with E-state index in [2.05, 4.69) is 15.5 Å². The number of nitrogens with two attached hydrogens (primary N) is 1. The fraction of sp³-hybridized carbons (Fsp3) is 0.435. The summed E-state index contributed by atoms with van der Waals surface area (Å²) in [5.74, 6) is -3.26. The van der Waals surface area contributed by atoms with Crippen LogP contribution >= 0.6 is 23.1 Å². The number of carboxylic acids is 2. The van der Waals surface area contributed by atoms with Crippen LogP contribution in [0.1, 0.15) is 12.1 Å². The first-order valence-electron chi connectivity index (χ1n) is 12.1. The molecule has 5 rings (SSSR count). The molecule has 17 nitrogen and oxygen atoms in total. The van der Waals surface area contributed by atoms with Gasteiger partial charge >= 0.3 is 11.9 Å². The van der Waals surface area contributed by atoms with Gasteiger partial charge in [0.1, 0.15) is 35.7 Å². The normalized spacial score (nSPS) is 25.4. The topological polar surface area (TPSA) is 244 Å². The molecule has 4 aliphatic heterocycles. The third-order valence-electron chi connectivity index (χ3n) is 6.31. The zero-order valence-electron chi connectivity index (χ0n) is 22.1. The van der Waals surface area contributed by atoms with E-state index >= 15 is 0 Å². The van der Waals surface area contributed by atoms with Crippen molar-refractivity contribution in [1.29, 1.82) is 0 Å². The Bertz CT molecular complexity index is 1390. The summed E-state index contributed by atoms with van der Waals surface area (Å²) in [4.78, 5) is 69.7. The minimum absolute atomic E-state index is 0.0980. The van der Waals surface area contributed by atoms with Gasteiger partial charge in [-0.15, -0.1) is 23.1 Å². The second kappa shape index (κ2) is 12.8. The summed E-state index contributed by atoms with van der Waals surface area (Å²) in [6, 6.07) is -1.96. The van der Waals surface area contributed by atoms with Crippen molar-refractivity contribution in [3.8, 4) is 0 Å². The quantitative estimate of drug-likeness (QED) is 0.117. The van der Waals surface area contributed by atoms with Gasteiger partial charge in [-0.2, -0.15) is 0 Å². The van der Waals surface area contributed by atoms with Gasteiger partial charge in [0.2, 0.25) is 5.91 Å². The smallest absolute Gasteiger partial charge is 0.352 e. The fourth-order valence-corrected chi connectivity index (χ4v) is 6.40. The number of nitrogen functional groups attached to an aromatic ring is 1. The second-order valence-electron chi connectivity index (χ2n) is 8.85. The van der Waals surface area contributed by atoms with Crippen LogP contribution in [0.3, 0.4) is 0 Å². The summed E-state index contributed by atoms with van der Waals surface area (Å²) in [5, 5.41) is 34.5. The molecule has 0 spiro atoms. The van der Waals surface area contributed by atoms with E-state index in [9.17, 15) is 29.1 Å². The van der Waals surface area contributed by atoms with Gasteiger partial charge in [0.05, 0.1) is 19.6 Å². The van der Waals surface area contributed by atoms with Gasteiger partial charge in [-0.25, -0.2) is 14.6 Å². The summed E-state index contributed by atoms with van der Waals surface area (Å²) in [6.45, 7) is -0.189. The average Bonchev–Trinajstić information content (AvgIpc) is 3.50. The van der Waals surface area contributed by atoms with Crippen LogP contribution in [-0.2, 0) is 38.3 Å². The Morgan fingerprint density at radius 1 is 1.31 bits per heavy atom. The number of oxime groups is 1. The summed E-state index contributed by atoms with van der Waals surface area (Å²) in [7, 11) is 2.73. The number of β-lactam (4-membered cyclic amide) rings is 2. The van der Waals surface area contributed by atoms with Crippen molar-refractivity contribution in [1.82, 2.24) is 20.1 Å². The number of carboxylic acid groups (broad SMARTS) is 2. The summed E-state index contributed by atoms with van der Waals surface area (Å²) in [6.07, 6.45) is 1.03. The van der Waals surface area contributed by atoms with Crippen molar-refractivity contribution in [3.63, 3.8) is 0 Å². The van der Waals surface area contributed by atoms with E-state index < -0.39 is 47.4 Å². The van der Waals surface area contributed by atoms with Gasteiger partial charge in [-0.3, -0.25) is 24.2 Å². The van der Waals surface area contributed by atoms with Gasteiger partial charge in [0.15, 0.2) is 23.1 Å². The number of fused-ring (bicyclic) bond motifs is 2. The highest BCUT2D eigenvalue weighted by molar-refractivity contribution is 8.00. The molecular weight excluding hydrogens is 600 g/mol. The van der Waals surface area contributed by atoms with Crippen LogP contribution < -0.4 is 11.1 Å². The van der Waals surface area contributed by atoms with Crippen molar-refractivity contribution in [2.75, 3.05) is 38.9 Å². The first kappa shape index (κ1) is 30.8. The molecule has 5 heterocycles. The Morgan fingerprint density at radius 3 is 2.60 bits per heavy atom. The van der Waals surface area contributed by atoms with E-state index in [-0.39, 0.29) is 53.5 Å². The lowest BCUT2D eigenvalue weighted by molar-refractivity contribution is -0.163. The molecule has 3 saturated heterocycles. The van der Waals surface area contributed by atoms with Gasteiger partial charge in [0, 0.05) is 18.2 Å². The Balaban J connectivity index is 0.000000241. The molecule has 0 unspecified atom stereocenters. The first-order chi connectivity index (χ1) is 20.0. The van der Waals surface area contributed by atoms with Gasteiger partial charge in [-0.05, 0) is 11.6 Å². The number of aliphatic hydroxyl groups excluding tert-OH is 1. The summed E-state index contributed by atoms with van der Waals surface area (Å²) < 4.78 is 10.2. The van der Waals surface area contributed by atoms with Crippen molar-refractivity contribution in [2.45, 2.75) is 30.1 Å². The number of hydrogen-bond acceptors (Lipinski definition) is 14. The maximum Gasteiger partial charge on any atom is 0.352 e. The number of nitrogens with zero attached hydrogens (tertiary/aromatic N) is 4. The Labute approximate surface area is 245 Å². The number of aliphatic carboxylic acids is 2. The molecule has 0 saturated carbocycles. The number of rotatable bonds is 9. The summed E-state index contributed by atoms with van der Waals surface area (Å²) >= 11 is 2.47. The molecule has 4 atom stereocenters. The number of thiazole rings is 1. The molecule has 0 radical (unpaired) electrons. The Kier molecular flexibility index (Phi) is 9.34. The van der Waals surface area contributed by atoms with E-state index in [1.54, 1.807) is 5.38 Å². The molecule has 226 valence electrons. The van der Waals surface area contributed by atoms with Crippen LogP contribution in [0, 0.1) is 0 Å². The van der Waals surface area contributed by atoms with Crippen molar-refractivity contribution < 1.29 is 53.6 Å². The third-order valence-corrected chi connectivity index (χ3v) is 8.32. The molecule has 3 amide bonds.